The van der Waals surface area contributed by atoms with Crippen molar-refractivity contribution >= 4 is 45.9 Å². The normalized spacial score (nSPS) is 12.3. The summed E-state index contributed by atoms with van der Waals surface area (Å²) in [7, 11) is 0. The first kappa shape index (κ1) is 20.1. The van der Waals surface area contributed by atoms with Crippen LogP contribution in [0.4, 0.5) is 10.1 Å². The van der Waals surface area contributed by atoms with Crippen molar-refractivity contribution in [1.82, 2.24) is 15.0 Å². The van der Waals surface area contributed by atoms with Gasteiger partial charge in [-0.2, -0.15) is 0 Å². The summed E-state index contributed by atoms with van der Waals surface area (Å²) >= 11 is 12.4. The highest BCUT2D eigenvalue weighted by atomic mass is 35.5. The first-order chi connectivity index (χ1) is 12.4. The van der Waals surface area contributed by atoms with Gasteiger partial charge in [0.2, 0.25) is 0 Å². The maximum atomic E-state index is 15.2. The van der Waals surface area contributed by atoms with Crippen LogP contribution >= 0.6 is 23.2 Å². The average molecular weight is 393 g/mol. The van der Waals surface area contributed by atoms with E-state index in [4.69, 9.17) is 23.2 Å². The molecule has 0 amide bonds. The number of fused-ring (bicyclic) bond motifs is 1. The van der Waals surface area contributed by atoms with Crippen molar-refractivity contribution in [3.63, 3.8) is 0 Å². The highest BCUT2D eigenvalue weighted by Gasteiger charge is 2.24. The molecule has 7 heteroatoms. The number of nitrogens with zero attached hydrogens (tertiary/aromatic N) is 4. The van der Waals surface area contributed by atoms with Gasteiger partial charge in [0.15, 0.2) is 11.5 Å². The fourth-order valence-corrected chi connectivity index (χ4v) is 2.89. The Bertz CT molecular complexity index is 906. The van der Waals surface area contributed by atoms with Gasteiger partial charge in [-0.3, -0.25) is 0 Å². The van der Waals surface area contributed by atoms with E-state index in [-0.39, 0.29) is 15.7 Å². The van der Waals surface area contributed by atoms with Crippen molar-refractivity contribution < 1.29 is 4.39 Å². The molecule has 0 aliphatic rings. The van der Waals surface area contributed by atoms with Crippen molar-refractivity contribution in [3.8, 4) is 0 Å². The fourth-order valence-electron chi connectivity index (χ4n) is 2.47. The molecular weight excluding hydrogens is 374 g/mol. The second-order valence-electron chi connectivity index (χ2n) is 5.58. The average Bonchev–Trinajstić information content (AvgIpc) is 2.62. The van der Waals surface area contributed by atoms with E-state index in [1.165, 1.54) is 30.6 Å². The summed E-state index contributed by atoms with van der Waals surface area (Å²) in [6.07, 6.45) is 7.48. The lowest BCUT2D eigenvalue weighted by Gasteiger charge is -2.26. The third-order valence-electron chi connectivity index (χ3n) is 3.52. The van der Waals surface area contributed by atoms with Crippen LogP contribution in [-0.4, -0.2) is 28.0 Å². The van der Waals surface area contributed by atoms with E-state index in [2.05, 4.69) is 28.1 Å². The lowest BCUT2D eigenvalue weighted by molar-refractivity contribution is 0.754. The zero-order valence-electron chi connectivity index (χ0n) is 14.6. The van der Waals surface area contributed by atoms with Crippen LogP contribution in [0.2, 0.25) is 5.15 Å². The second-order valence-corrected chi connectivity index (χ2v) is 6.35. The summed E-state index contributed by atoms with van der Waals surface area (Å²) < 4.78 is 15.2. The van der Waals surface area contributed by atoms with E-state index in [0.29, 0.717) is 29.9 Å². The molecule has 2 heterocycles. The third-order valence-corrected chi connectivity index (χ3v) is 4.08. The monoisotopic (exact) mass is 392 g/mol. The minimum atomic E-state index is -0.690. The number of aromatic nitrogens is 3. The highest BCUT2D eigenvalue weighted by molar-refractivity contribution is 6.36. The number of halogens is 3. The molecule has 0 spiro atoms. The molecule has 2 aromatic heterocycles. The molecule has 0 unspecified atom stereocenters. The fraction of sp³-hybridized carbons (Fsp3) is 0.211. The number of anilines is 1. The first-order valence-corrected chi connectivity index (χ1v) is 8.70. The van der Waals surface area contributed by atoms with Crippen molar-refractivity contribution in [2.45, 2.75) is 13.8 Å². The quantitative estimate of drug-likeness (QED) is 0.344. The summed E-state index contributed by atoms with van der Waals surface area (Å²) in [6.45, 7) is 12.4. The molecule has 2 rings (SSSR count). The van der Waals surface area contributed by atoms with Crippen LogP contribution < -0.4 is 4.90 Å². The van der Waals surface area contributed by atoms with Crippen LogP contribution in [0.5, 0.6) is 0 Å². The van der Waals surface area contributed by atoms with Crippen LogP contribution in [0, 0.1) is 0 Å². The molecule has 0 aliphatic carbocycles. The van der Waals surface area contributed by atoms with E-state index >= 15 is 4.39 Å². The summed E-state index contributed by atoms with van der Waals surface area (Å²) in [5, 5.41) is -0.139. The minimum Gasteiger partial charge on any atom is -0.365 e. The van der Waals surface area contributed by atoms with Gasteiger partial charge in [-0.15, -0.1) is 0 Å². The van der Waals surface area contributed by atoms with E-state index in [1.54, 1.807) is 0 Å². The van der Waals surface area contributed by atoms with E-state index in [1.807, 2.05) is 18.7 Å². The van der Waals surface area contributed by atoms with Crippen LogP contribution in [0.1, 0.15) is 19.4 Å². The number of hydrogen-bond acceptors (Lipinski definition) is 4. The van der Waals surface area contributed by atoms with Crippen LogP contribution in [0.25, 0.3) is 17.0 Å². The Hall–Kier alpha value is -2.24. The first-order valence-electron chi connectivity index (χ1n) is 7.94. The Morgan fingerprint density at radius 1 is 1.35 bits per heavy atom. The number of allylic oxidation sites excluding steroid dienone is 4. The molecule has 4 nitrogen and oxygen atoms in total. The van der Waals surface area contributed by atoms with Gasteiger partial charge in [-0.1, -0.05) is 54.1 Å². The molecule has 0 saturated heterocycles. The van der Waals surface area contributed by atoms with Gasteiger partial charge < -0.3 is 4.90 Å². The lowest BCUT2D eigenvalue weighted by Crippen LogP contribution is -2.26. The predicted molar refractivity (Wildman–Crippen MR) is 108 cm³/mol. The van der Waals surface area contributed by atoms with Crippen molar-refractivity contribution in [2.75, 3.05) is 18.0 Å². The predicted octanol–water partition coefficient (Wildman–Crippen LogP) is 5.70. The Kier molecular flexibility index (Phi) is 6.89. The molecule has 0 bridgehead atoms. The van der Waals surface area contributed by atoms with Crippen LogP contribution in [0.3, 0.4) is 0 Å². The number of likely N-dealkylation sites (N-methyl/N-ethyl adjacent to an activating group) is 1. The van der Waals surface area contributed by atoms with E-state index < -0.39 is 5.83 Å². The molecule has 2 aromatic rings. The summed E-state index contributed by atoms with van der Waals surface area (Å²) in [6, 6.07) is 0. The molecular formula is C19H19Cl2FN4. The molecule has 0 saturated carbocycles. The molecule has 26 heavy (non-hydrogen) atoms. The molecule has 0 atom stereocenters. The number of pyridine rings is 1. The Balaban J connectivity index is 2.86. The van der Waals surface area contributed by atoms with Gasteiger partial charge >= 0.3 is 0 Å². The van der Waals surface area contributed by atoms with Gasteiger partial charge in [0.25, 0.3) is 0 Å². The van der Waals surface area contributed by atoms with Gasteiger partial charge in [-0.05, 0) is 19.9 Å². The van der Waals surface area contributed by atoms with Gasteiger partial charge in [-0.25, -0.2) is 19.3 Å². The van der Waals surface area contributed by atoms with Gasteiger partial charge in [0.1, 0.15) is 10.7 Å². The summed E-state index contributed by atoms with van der Waals surface area (Å²) in [5.41, 5.74) is 2.26. The number of rotatable bonds is 7. The maximum Gasteiger partial charge on any atom is 0.181 e. The third kappa shape index (κ3) is 4.29. The Labute approximate surface area is 162 Å². The van der Waals surface area contributed by atoms with Crippen molar-refractivity contribution in [2.24, 2.45) is 0 Å². The number of hydrogen-bond donors (Lipinski definition) is 0. The summed E-state index contributed by atoms with van der Waals surface area (Å²) in [5.74, 6) is -0.690. The lowest BCUT2D eigenvalue weighted by atomic mass is 10.1. The van der Waals surface area contributed by atoms with Crippen molar-refractivity contribution in [1.29, 1.82) is 0 Å². The SMILES string of the molecule is C=C/C=C\C(Cl)=C(/F)c1c(Cl)nc2nccnc2c1N(CC)CC(=C)C. The standard InChI is InChI=1S/C19H19Cl2FN4/c1-5-7-8-13(20)15(22)14-17(26(6-2)11-12(3)4)16-19(25-18(14)21)24-10-9-23-16/h5,7-10H,1,3,6,11H2,2,4H3/b8-7-,15-13+. The Morgan fingerprint density at radius 2 is 2.04 bits per heavy atom. The van der Waals surface area contributed by atoms with Crippen LogP contribution in [0.15, 0.2) is 54.4 Å². The topological polar surface area (TPSA) is 41.9 Å². The zero-order valence-corrected chi connectivity index (χ0v) is 16.1. The molecule has 0 fully saturated rings. The molecule has 0 N–H and O–H groups in total. The molecule has 136 valence electrons. The molecule has 0 radical (unpaired) electrons. The zero-order chi connectivity index (χ0) is 19.3. The maximum absolute atomic E-state index is 15.2. The largest absolute Gasteiger partial charge is 0.365 e. The molecule has 0 aliphatic heterocycles. The van der Waals surface area contributed by atoms with Crippen LogP contribution in [-0.2, 0) is 0 Å². The molecule has 0 aromatic carbocycles. The smallest absolute Gasteiger partial charge is 0.181 e. The van der Waals surface area contributed by atoms with Gasteiger partial charge in [0, 0.05) is 25.5 Å². The van der Waals surface area contributed by atoms with Crippen molar-refractivity contribution in [3.05, 3.63) is 65.1 Å². The minimum absolute atomic E-state index is 0.0316. The van der Waals surface area contributed by atoms with E-state index in [0.717, 1.165) is 5.57 Å². The highest BCUT2D eigenvalue weighted by Crippen LogP contribution is 2.40. The van der Waals surface area contributed by atoms with E-state index in [9.17, 15) is 0 Å². The summed E-state index contributed by atoms with van der Waals surface area (Å²) in [4.78, 5) is 14.6. The van der Waals surface area contributed by atoms with Gasteiger partial charge in [0.05, 0.1) is 16.3 Å². The Morgan fingerprint density at radius 3 is 2.65 bits per heavy atom. The second kappa shape index (κ2) is 8.92.